The predicted molar refractivity (Wildman–Crippen MR) is 165 cm³/mol. The molecule has 0 heterocycles. The Morgan fingerprint density at radius 1 is 1.24 bits per heavy atom. The summed E-state index contributed by atoms with van der Waals surface area (Å²) in [6.07, 6.45) is 2.97. The molecule has 12 heteroatoms. The number of aliphatic imine (C=N–C) groups is 2. The van der Waals surface area contributed by atoms with Gasteiger partial charge < -0.3 is 30.9 Å². The number of carbonyl (C=O) groups excluding carboxylic acids is 2. The van der Waals surface area contributed by atoms with Crippen LogP contribution in [0, 0.1) is 17.3 Å². The largest absolute Gasteiger partial charge is 0.444 e. The van der Waals surface area contributed by atoms with Gasteiger partial charge in [0.1, 0.15) is 24.7 Å². The Labute approximate surface area is 242 Å². The lowest BCUT2D eigenvalue weighted by Crippen LogP contribution is -2.41. The number of carbonyl (C=O) groups is 2. The summed E-state index contributed by atoms with van der Waals surface area (Å²) in [5.41, 5.74) is 1.31. The van der Waals surface area contributed by atoms with Crippen LogP contribution in [0.25, 0.3) is 0 Å². The summed E-state index contributed by atoms with van der Waals surface area (Å²) in [7, 11) is 3.17. The standard InChI is InChI=1S/C29H43FN8O3/c1-8-15-35-27(37-20-36-22-13-14-23(26(30)31)24(17-22)33-6)21(18-32-5)12-10-9-11-16-34-25(39)19-38(7)28(40)41-29(2,3)4/h13-14,17-18,31,33,36H,5,8-9,11,15-16,19-20H2,1-4,6-7H3,(H,34,39)(H,35,37)/b21-18-,31-26?. The first-order chi connectivity index (χ1) is 19.4. The number of halogens is 1. The molecule has 0 radical (unpaired) electrons. The minimum Gasteiger partial charge on any atom is -0.444 e. The number of hydrogen-bond acceptors (Lipinski definition) is 8. The van der Waals surface area contributed by atoms with Gasteiger partial charge in [-0.25, -0.2) is 9.79 Å². The quantitative estimate of drug-likeness (QED) is 0.0985. The van der Waals surface area contributed by atoms with Crippen molar-refractivity contribution in [2.24, 2.45) is 9.98 Å². The molecule has 0 aliphatic rings. The average molecular weight is 571 g/mol. The number of rotatable bonds is 14. The van der Waals surface area contributed by atoms with Gasteiger partial charge >= 0.3 is 6.09 Å². The van der Waals surface area contributed by atoms with Gasteiger partial charge in [0, 0.05) is 51.2 Å². The first-order valence-corrected chi connectivity index (χ1v) is 13.4. The molecule has 5 N–H and O–H groups in total. The number of benzene rings is 1. The molecule has 0 bridgehead atoms. The van der Waals surface area contributed by atoms with E-state index in [-0.39, 0.29) is 24.7 Å². The van der Waals surface area contributed by atoms with Crippen molar-refractivity contribution < 1.29 is 18.7 Å². The molecule has 1 rings (SSSR count). The maximum absolute atomic E-state index is 13.4. The Morgan fingerprint density at radius 2 is 1.98 bits per heavy atom. The number of amidine groups is 1. The molecular formula is C29H43FN8O3. The number of ether oxygens (including phenoxy) is 1. The lowest BCUT2D eigenvalue weighted by molar-refractivity contribution is -0.122. The van der Waals surface area contributed by atoms with E-state index in [0.717, 1.165) is 6.42 Å². The van der Waals surface area contributed by atoms with Crippen LogP contribution in [0.15, 0.2) is 40.0 Å². The number of unbranched alkanes of at least 4 members (excludes halogenated alkanes) is 1. The molecule has 11 nitrogen and oxygen atoms in total. The van der Waals surface area contributed by atoms with E-state index in [4.69, 9.17) is 10.1 Å². The summed E-state index contributed by atoms with van der Waals surface area (Å²) in [5, 5.41) is 19.3. The zero-order valence-electron chi connectivity index (χ0n) is 24.9. The molecule has 2 amide bonds. The second-order valence-corrected chi connectivity index (χ2v) is 9.91. The van der Waals surface area contributed by atoms with Crippen LogP contribution in [0.2, 0.25) is 0 Å². The maximum Gasteiger partial charge on any atom is 0.410 e. The highest BCUT2D eigenvalue weighted by atomic mass is 19.1. The van der Waals surface area contributed by atoms with Crippen LogP contribution in [-0.2, 0) is 9.53 Å². The van der Waals surface area contributed by atoms with E-state index in [9.17, 15) is 14.0 Å². The van der Waals surface area contributed by atoms with Crippen molar-refractivity contribution in [3.05, 3.63) is 35.5 Å². The zero-order valence-corrected chi connectivity index (χ0v) is 24.9. The third-order valence-electron chi connectivity index (χ3n) is 5.17. The van der Waals surface area contributed by atoms with Crippen LogP contribution in [-0.4, -0.2) is 81.4 Å². The van der Waals surface area contributed by atoms with E-state index < -0.39 is 17.7 Å². The molecule has 0 aliphatic carbocycles. The van der Waals surface area contributed by atoms with E-state index in [0.29, 0.717) is 48.7 Å². The van der Waals surface area contributed by atoms with Crippen molar-refractivity contribution in [2.45, 2.75) is 52.6 Å². The first-order valence-electron chi connectivity index (χ1n) is 13.4. The van der Waals surface area contributed by atoms with Crippen LogP contribution in [0.4, 0.5) is 20.6 Å². The number of hydrogen-bond donors (Lipinski definition) is 5. The molecule has 41 heavy (non-hydrogen) atoms. The number of nitrogens with zero attached hydrogens (tertiary/aromatic N) is 3. The van der Waals surface area contributed by atoms with Crippen molar-refractivity contribution in [1.29, 1.82) is 5.41 Å². The summed E-state index contributed by atoms with van der Waals surface area (Å²) >= 11 is 0. The monoisotopic (exact) mass is 570 g/mol. The molecule has 1 aromatic carbocycles. The van der Waals surface area contributed by atoms with E-state index in [1.165, 1.54) is 24.2 Å². The minimum atomic E-state index is -1.01. The molecule has 0 unspecified atom stereocenters. The highest BCUT2D eigenvalue weighted by Gasteiger charge is 2.20. The van der Waals surface area contributed by atoms with Gasteiger partial charge in [0.2, 0.25) is 11.9 Å². The van der Waals surface area contributed by atoms with Crippen LogP contribution < -0.4 is 21.3 Å². The van der Waals surface area contributed by atoms with Gasteiger partial charge in [0.05, 0.1) is 11.1 Å². The number of likely N-dealkylation sites (N-methyl/N-ethyl adjacent to an activating group) is 1. The summed E-state index contributed by atoms with van der Waals surface area (Å²) in [6.45, 7) is 12.1. The SMILES string of the molecule is C=N/C=C(C#CCCCNC(=O)CN(C)C(=O)OC(C)(C)C)\C(=N/CNc1ccc(C(=N)F)c(NC)c1)NCCC. The highest BCUT2D eigenvalue weighted by Crippen LogP contribution is 2.21. The van der Waals surface area contributed by atoms with E-state index in [2.05, 4.69) is 49.8 Å². The van der Waals surface area contributed by atoms with Gasteiger partial charge in [0.15, 0.2) is 0 Å². The van der Waals surface area contributed by atoms with Crippen molar-refractivity contribution in [2.75, 3.05) is 51.0 Å². The fourth-order valence-corrected chi connectivity index (χ4v) is 3.22. The molecule has 224 valence electrons. The lowest BCUT2D eigenvalue weighted by Gasteiger charge is -2.24. The van der Waals surface area contributed by atoms with Crippen LogP contribution in [0.3, 0.4) is 0 Å². The summed E-state index contributed by atoms with van der Waals surface area (Å²) in [4.78, 5) is 33.8. The molecule has 0 atom stereocenters. The minimum absolute atomic E-state index is 0.102. The van der Waals surface area contributed by atoms with E-state index in [1.54, 1.807) is 40.0 Å². The Balaban J connectivity index is 2.72. The van der Waals surface area contributed by atoms with Gasteiger partial charge in [-0.2, -0.15) is 4.39 Å². The number of amides is 2. The van der Waals surface area contributed by atoms with Gasteiger partial charge in [-0.3, -0.25) is 15.2 Å². The van der Waals surface area contributed by atoms with E-state index >= 15 is 0 Å². The second kappa shape index (κ2) is 18.0. The molecule has 0 aliphatic heterocycles. The molecular weight excluding hydrogens is 527 g/mol. The summed E-state index contributed by atoms with van der Waals surface area (Å²) in [6, 6.07) is 4.90. The van der Waals surface area contributed by atoms with Crippen molar-refractivity contribution in [1.82, 2.24) is 15.5 Å². The normalized spacial score (nSPS) is 11.5. The Kier molecular flexibility index (Phi) is 15.2. The Bertz CT molecular complexity index is 1180. The molecule has 0 aromatic heterocycles. The van der Waals surface area contributed by atoms with E-state index in [1.807, 2.05) is 6.92 Å². The zero-order chi connectivity index (χ0) is 30.8. The van der Waals surface area contributed by atoms with Gasteiger partial charge in [-0.1, -0.05) is 18.8 Å². The van der Waals surface area contributed by atoms with Crippen molar-refractivity contribution in [3.8, 4) is 11.8 Å². The first kappa shape index (κ1) is 34.6. The Hall–Kier alpha value is -4.40. The van der Waals surface area contributed by atoms with Crippen LogP contribution in [0.1, 0.15) is 52.5 Å². The smallest absolute Gasteiger partial charge is 0.410 e. The van der Waals surface area contributed by atoms with Crippen molar-refractivity contribution >= 4 is 41.9 Å². The summed E-state index contributed by atoms with van der Waals surface area (Å²) in [5.74, 6) is 5.41. The second-order valence-electron chi connectivity index (χ2n) is 9.91. The topological polar surface area (TPSA) is 143 Å². The number of nitrogens with one attached hydrogen (secondary N) is 5. The van der Waals surface area contributed by atoms with Crippen molar-refractivity contribution in [3.63, 3.8) is 0 Å². The van der Waals surface area contributed by atoms with Crippen LogP contribution in [0.5, 0.6) is 0 Å². The molecule has 1 aromatic rings. The lowest BCUT2D eigenvalue weighted by atomic mass is 10.1. The third-order valence-corrected chi connectivity index (χ3v) is 5.17. The fourth-order valence-electron chi connectivity index (χ4n) is 3.22. The number of anilines is 2. The predicted octanol–water partition coefficient (Wildman–Crippen LogP) is 4.14. The third kappa shape index (κ3) is 14.0. The van der Waals surface area contributed by atoms with Gasteiger partial charge in [-0.15, -0.1) is 0 Å². The maximum atomic E-state index is 13.4. The summed E-state index contributed by atoms with van der Waals surface area (Å²) < 4.78 is 18.6. The molecule has 0 spiro atoms. The van der Waals surface area contributed by atoms with Crippen LogP contribution >= 0.6 is 0 Å². The molecule has 0 fully saturated rings. The van der Waals surface area contributed by atoms with Gasteiger partial charge in [0.25, 0.3) is 0 Å². The average Bonchev–Trinajstić information content (AvgIpc) is 2.90. The molecule has 0 saturated heterocycles. The fraction of sp³-hybridized carbons (Fsp3) is 0.483. The Morgan fingerprint density at radius 3 is 2.59 bits per heavy atom. The molecule has 0 saturated carbocycles. The highest BCUT2D eigenvalue weighted by molar-refractivity contribution is 6.02. The van der Waals surface area contributed by atoms with Gasteiger partial charge in [-0.05, 0) is 58.5 Å².